The fourth-order valence-corrected chi connectivity index (χ4v) is 1.71. The normalized spacial score (nSPS) is 12.9. The van der Waals surface area contributed by atoms with Crippen molar-refractivity contribution in [2.45, 2.75) is 25.9 Å². The molecule has 0 fully saturated rings. The van der Waals surface area contributed by atoms with Crippen molar-refractivity contribution in [3.8, 4) is 0 Å². The van der Waals surface area contributed by atoms with Crippen molar-refractivity contribution >= 4 is 5.69 Å². The summed E-state index contributed by atoms with van der Waals surface area (Å²) < 4.78 is 0. The summed E-state index contributed by atoms with van der Waals surface area (Å²) in [6.07, 6.45) is 0. The summed E-state index contributed by atoms with van der Waals surface area (Å²) in [5, 5.41) is 3.46. The topological polar surface area (TPSA) is 41.3 Å². The molecule has 0 aliphatic heterocycles. The number of anilines is 1. The molecule has 16 heavy (non-hydrogen) atoms. The molecule has 0 spiro atoms. The van der Waals surface area contributed by atoms with Gasteiger partial charge in [0.1, 0.15) is 0 Å². The number of rotatable bonds is 5. The van der Waals surface area contributed by atoms with Crippen LogP contribution in [0.4, 0.5) is 5.69 Å². The van der Waals surface area contributed by atoms with Crippen LogP contribution in [0.2, 0.25) is 0 Å². The Balaban J connectivity index is 2.78. The molecule has 90 valence electrons. The first-order valence-electron chi connectivity index (χ1n) is 5.78. The van der Waals surface area contributed by atoms with Gasteiger partial charge in [-0.25, -0.2) is 0 Å². The Morgan fingerprint density at radius 2 is 1.75 bits per heavy atom. The second-order valence-corrected chi connectivity index (χ2v) is 4.60. The minimum Gasteiger partial charge on any atom is -0.378 e. The van der Waals surface area contributed by atoms with Crippen LogP contribution in [-0.2, 0) is 0 Å². The smallest absolute Gasteiger partial charge is 0.0446 e. The third-order valence-electron chi connectivity index (χ3n) is 2.58. The molecule has 3 heteroatoms. The van der Waals surface area contributed by atoms with Crippen molar-refractivity contribution in [3.63, 3.8) is 0 Å². The first kappa shape index (κ1) is 13.0. The van der Waals surface area contributed by atoms with E-state index in [0.29, 0.717) is 12.6 Å². The van der Waals surface area contributed by atoms with Crippen LogP contribution < -0.4 is 16.0 Å². The van der Waals surface area contributed by atoms with Gasteiger partial charge in [-0.2, -0.15) is 0 Å². The Bertz CT molecular complexity index is 303. The van der Waals surface area contributed by atoms with E-state index < -0.39 is 0 Å². The van der Waals surface area contributed by atoms with Crippen LogP contribution in [-0.4, -0.2) is 26.7 Å². The number of hydrogen-bond acceptors (Lipinski definition) is 3. The highest BCUT2D eigenvalue weighted by atomic mass is 15.1. The molecular formula is C13H23N3. The van der Waals surface area contributed by atoms with Gasteiger partial charge in [0.2, 0.25) is 0 Å². The van der Waals surface area contributed by atoms with Crippen LogP contribution in [0, 0.1) is 0 Å². The molecule has 0 amide bonds. The van der Waals surface area contributed by atoms with Gasteiger partial charge < -0.3 is 16.0 Å². The third-order valence-corrected chi connectivity index (χ3v) is 2.58. The second-order valence-electron chi connectivity index (χ2n) is 4.60. The highest BCUT2D eigenvalue weighted by molar-refractivity contribution is 5.46. The second kappa shape index (κ2) is 5.87. The molecule has 0 aromatic heterocycles. The minimum absolute atomic E-state index is 0.246. The van der Waals surface area contributed by atoms with Crippen LogP contribution in [0.3, 0.4) is 0 Å². The molecule has 1 unspecified atom stereocenters. The zero-order valence-corrected chi connectivity index (χ0v) is 10.7. The molecule has 0 bridgehead atoms. The lowest BCUT2D eigenvalue weighted by molar-refractivity contribution is 0.484. The first-order chi connectivity index (χ1) is 7.54. The zero-order chi connectivity index (χ0) is 12.1. The Morgan fingerprint density at radius 1 is 1.19 bits per heavy atom. The van der Waals surface area contributed by atoms with E-state index in [4.69, 9.17) is 5.73 Å². The third kappa shape index (κ3) is 3.51. The van der Waals surface area contributed by atoms with Crippen molar-refractivity contribution < 1.29 is 0 Å². The van der Waals surface area contributed by atoms with E-state index in [1.165, 1.54) is 11.3 Å². The summed E-state index contributed by atoms with van der Waals surface area (Å²) >= 11 is 0. The minimum atomic E-state index is 0.246. The maximum absolute atomic E-state index is 5.78. The summed E-state index contributed by atoms with van der Waals surface area (Å²) in [6, 6.07) is 9.23. The molecule has 1 aromatic carbocycles. The average molecular weight is 221 g/mol. The fourth-order valence-electron chi connectivity index (χ4n) is 1.71. The fraction of sp³-hybridized carbons (Fsp3) is 0.538. The lowest BCUT2D eigenvalue weighted by atomic mass is 10.1. The molecule has 1 rings (SSSR count). The SMILES string of the molecule is CC(C)NC(CN)c1ccc(N(C)C)cc1. The van der Waals surface area contributed by atoms with Gasteiger partial charge in [0.05, 0.1) is 0 Å². The van der Waals surface area contributed by atoms with E-state index in [1.807, 2.05) is 14.1 Å². The largest absolute Gasteiger partial charge is 0.378 e. The summed E-state index contributed by atoms with van der Waals surface area (Å²) in [4.78, 5) is 2.09. The molecular weight excluding hydrogens is 198 g/mol. The quantitative estimate of drug-likeness (QED) is 0.796. The average Bonchev–Trinajstić information content (AvgIpc) is 2.25. The van der Waals surface area contributed by atoms with E-state index in [-0.39, 0.29) is 6.04 Å². The van der Waals surface area contributed by atoms with Gasteiger partial charge in [0.15, 0.2) is 0 Å². The van der Waals surface area contributed by atoms with Crippen LogP contribution >= 0.6 is 0 Å². The predicted molar refractivity (Wildman–Crippen MR) is 70.8 cm³/mol. The van der Waals surface area contributed by atoms with E-state index in [9.17, 15) is 0 Å². The van der Waals surface area contributed by atoms with Crippen LogP contribution in [0.15, 0.2) is 24.3 Å². The van der Waals surface area contributed by atoms with Crippen LogP contribution in [0.25, 0.3) is 0 Å². The molecule has 0 aliphatic carbocycles. The van der Waals surface area contributed by atoms with Gasteiger partial charge >= 0.3 is 0 Å². The maximum Gasteiger partial charge on any atom is 0.0446 e. The molecule has 3 nitrogen and oxygen atoms in total. The number of hydrogen-bond donors (Lipinski definition) is 2. The summed E-state index contributed by atoms with van der Waals surface area (Å²) in [5.41, 5.74) is 8.24. The first-order valence-corrected chi connectivity index (χ1v) is 5.78. The van der Waals surface area contributed by atoms with E-state index in [1.54, 1.807) is 0 Å². The summed E-state index contributed by atoms with van der Waals surface area (Å²) in [5.74, 6) is 0. The number of nitrogens with zero attached hydrogens (tertiary/aromatic N) is 1. The molecule has 0 aliphatic rings. The molecule has 1 atom stereocenters. The van der Waals surface area contributed by atoms with Crippen LogP contribution in [0.5, 0.6) is 0 Å². The maximum atomic E-state index is 5.78. The zero-order valence-electron chi connectivity index (χ0n) is 10.7. The van der Waals surface area contributed by atoms with Crippen molar-refractivity contribution in [3.05, 3.63) is 29.8 Å². The van der Waals surface area contributed by atoms with Gasteiger partial charge in [0.25, 0.3) is 0 Å². The van der Waals surface area contributed by atoms with Gasteiger partial charge in [-0.1, -0.05) is 26.0 Å². The van der Waals surface area contributed by atoms with E-state index in [0.717, 1.165) is 0 Å². The Kier molecular flexibility index (Phi) is 4.77. The Labute approximate surface area is 98.6 Å². The van der Waals surface area contributed by atoms with Crippen molar-refractivity contribution in [2.75, 3.05) is 25.5 Å². The molecule has 0 saturated carbocycles. The lowest BCUT2D eigenvalue weighted by Gasteiger charge is -2.21. The summed E-state index contributed by atoms with van der Waals surface area (Å²) in [7, 11) is 4.09. The number of benzene rings is 1. The lowest BCUT2D eigenvalue weighted by Crippen LogP contribution is -2.33. The van der Waals surface area contributed by atoms with E-state index in [2.05, 4.69) is 48.3 Å². The predicted octanol–water partition coefficient (Wildman–Crippen LogP) is 1.75. The van der Waals surface area contributed by atoms with Crippen molar-refractivity contribution in [1.82, 2.24) is 5.32 Å². The Morgan fingerprint density at radius 3 is 2.12 bits per heavy atom. The van der Waals surface area contributed by atoms with Crippen molar-refractivity contribution in [1.29, 1.82) is 0 Å². The molecule has 1 aromatic rings. The van der Waals surface area contributed by atoms with Gasteiger partial charge in [-0.05, 0) is 17.7 Å². The molecule has 0 saturated heterocycles. The van der Waals surface area contributed by atoms with Gasteiger partial charge in [-0.3, -0.25) is 0 Å². The van der Waals surface area contributed by atoms with Gasteiger partial charge in [-0.15, -0.1) is 0 Å². The molecule has 3 N–H and O–H groups in total. The van der Waals surface area contributed by atoms with Gasteiger partial charge in [0, 0.05) is 38.4 Å². The van der Waals surface area contributed by atoms with E-state index >= 15 is 0 Å². The molecule has 0 heterocycles. The standard InChI is InChI=1S/C13H23N3/c1-10(2)15-13(9-14)11-5-7-12(8-6-11)16(3)4/h5-8,10,13,15H,9,14H2,1-4H3. The molecule has 0 radical (unpaired) electrons. The number of nitrogens with two attached hydrogens (primary N) is 1. The monoisotopic (exact) mass is 221 g/mol. The highest BCUT2D eigenvalue weighted by Gasteiger charge is 2.10. The number of nitrogens with one attached hydrogen (secondary N) is 1. The summed E-state index contributed by atoms with van der Waals surface area (Å²) in [6.45, 7) is 4.90. The van der Waals surface area contributed by atoms with Crippen LogP contribution in [0.1, 0.15) is 25.5 Å². The Hall–Kier alpha value is -1.06. The highest BCUT2D eigenvalue weighted by Crippen LogP contribution is 2.17. The van der Waals surface area contributed by atoms with Crippen molar-refractivity contribution in [2.24, 2.45) is 5.73 Å².